The molecular formula is C20H23ClN2O3S. The molecule has 0 unspecified atom stereocenters. The second kappa shape index (κ2) is 8.00. The lowest BCUT2D eigenvalue weighted by Gasteiger charge is -2.29. The molecule has 1 amide bonds. The van der Waals surface area contributed by atoms with Gasteiger partial charge in [0.05, 0.1) is 4.90 Å². The Bertz CT molecular complexity index is 951. The summed E-state index contributed by atoms with van der Waals surface area (Å²) in [6, 6.07) is 11.4. The highest BCUT2D eigenvalue weighted by Gasteiger charge is 2.28. The fourth-order valence-electron chi connectivity index (χ4n) is 3.11. The van der Waals surface area contributed by atoms with Crippen molar-refractivity contribution in [3.8, 4) is 0 Å². The molecule has 2 aromatic carbocycles. The summed E-state index contributed by atoms with van der Waals surface area (Å²) in [6.45, 7) is 4.98. The minimum Gasteiger partial charge on any atom is -0.322 e. The monoisotopic (exact) mass is 406 g/mol. The first-order valence-electron chi connectivity index (χ1n) is 8.95. The van der Waals surface area contributed by atoms with Crippen LogP contribution >= 0.6 is 11.6 Å². The molecule has 1 N–H and O–H groups in total. The molecule has 0 aromatic heterocycles. The molecule has 7 heteroatoms. The molecule has 0 saturated carbocycles. The van der Waals surface area contributed by atoms with Gasteiger partial charge in [-0.15, -0.1) is 0 Å². The lowest BCUT2D eigenvalue weighted by atomic mass is 10.0. The van der Waals surface area contributed by atoms with Crippen molar-refractivity contribution in [3.63, 3.8) is 0 Å². The van der Waals surface area contributed by atoms with Crippen molar-refractivity contribution in [1.82, 2.24) is 4.31 Å². The van der Waals surface area contributed by atoms with Crippen LogP contribution in [0.5, 0.6) is 0 Å². The average molecular weight is 407 g/mol. The van der Waals surface area contributed by atoms with Gasteiger partial charge < -0.3 is 5.32 Å². The maximum absolute atomic E-state index is 12.9. The molecule has 1 aliphatic heterocycles. The molecule has 27 heavy (non-hydrogen) atoms. The number of benzene rings is 2. The zero-order chi connectivity index (χ0) is 19.6. The number of sulfonamides is 1. The molecule has 0 spiro atoms. The third-order valence-electron chi connectivity index (χ3n) is 4.99. The second-order valence-corrected chi connectivity index (χ2v) is 9.33. The maximum Gasteiger partial charge on any atom is 0.255 e. The van der Waals surface area contributed by atoms with E-state index in [1.165, 1.54) is 16.4 Å². The molecule has 0 bridgehead atoms. The number of rotatable bonds is 4. The van der Waals surface area contributed by atoms with E-state index >= 15 is 0 Å². The topological polar surface area (TPSA) is 66.5 Å². The average Bonchev–Trinajstić information content (AvgIpc) is 2.66. The molecule has 1 aliphatic rings. The number of halogens is 1. The van der Waals surface area contributed by atoms with Gasteiger partial charge in [-0.3, -0.25) is 4.79 Å². The van der Waals surface area contributed by atoms with Crippen LogP contribution in [-0.4, -0.2) is 31.7 Å². The fraction of sp³-hybridized carbons (Fsp3) is 0.350. The van der Waals surface area contributed by atoms with Gasteiger partial charge in [0.15, 0.2) is 0 Å². The maximum atomic E-state index is 12.9. The number of carbonyl (C=O) groups excluding carboxylic acids is 1. The second-order valence-electron chi connectivity index (χ2n) is 6.98. The van der Waals surface area contributed by atoms with Crippen molar-refractivity contribution >= 4 is 33.2 Å². The summed E-state index contributed by atoms with van der Waals surface area (Å²) < 4.78 is 27.3. The summed E-state index contributed by atoms with van der Waals surface area (Å²) in [5, 5.41) is 3.36. The minimum atomic E-state index is -3.60. The minimum absolute atomic E-state index is 0.146. The number of amides is 1. The number of hydrogen-bond acceptors (Lipinski definition) is 3. The Morgan fingerprint density at radius 1 is 1.15 bits per heavy atom. The van der Waals surface area contributed by atoms with E-state index in [9.17, 15) is 13.2 Å². The van der Waals surface area contributed by atoms with Crippen LogP contribution in [0.3, 0.4) is 0 Å². The van der Waals surface area contributed by atoms with E-state index in [4.69, 9.17) is 11.6 Å². The number of nitrogens with zero attached hydrogens (tertiary/aromatic N) is 1. The quantitative estimate of drug-likeness (QED) is 0.822. The van der Waals surface area contributed by atoms with Crippen LogP contribution in [0.1, 0.15) is 35.7 Å². The summed E-state index contributed by atoms with van der Waals surface area (Å²) in [6.07, 6.45) is 1.71. The summed E-state index contributed by atoms with van der Waals surface area (Å²) >= 11 is 6.09. The van der Waals surface area contributed by atoms with Crippen LogP contribution in [0, 0.1) is 12.8 Å². The number of nitrogens with one attached hydrogen (secondary N) is 1. The summed E-state index contributed by atoms with van der Waals surface area (Å²) in [7, 11) is -3.60. The summed E-state index contributed by atoms with van der Waals surface area (Å²) in [5.41, 5.74) is 1.66. The fourth-order valence-corrected chi connectivity index (χ4v) is 4.80. The molecule has 3 rings (SSSR count). The Morgan fingerprint density at radius 3 is 2.52 bits per heavy atom. The smallest absolute Gasteiger partial charge is 0.255 e. The van der Waals surface area contributed by atoms with E-state index in [0.717, 1.165) is 18.4 Å². The first-order valence-corrected chi connectivity index (χ1v) is 10.8. The van der Waals surface area contributed by atoms with Gasteiger partial charge in [0.25, 0.3) is 5.91 Å². The van der Waals surface area contributed by atoms with Gasteiger partial charge in [0, 0.05) is 29.4 Å². The van der Waals surface area contributed by atoms with Crippen molar-refractivity contribution in [2.75, 3.05) is 18.4 Å². The highest BCUT2D eigenvalue weighted by atomic mass is 35.5. The standard InChI is InChI=1S/C20H23ClN2O3S/c1-14-9-11-23(12-10-14)27(25,26)17-6-3-5-16(13-17)20(24)22-19-8-4-7-18(21)15(19)2/h3-8,13-14H,9-12H2,1-2H3,(H,22,24). The zero-order valence-electron chi connectivity index (χ0n) is 15.4. The largest absolute Gasteiger partial charge is 0.322 e. The Hall–Kier alpha value is -1.89. The molecular weight excluding hydrogens is 384 g/mol. The molecule has 1 saturated heterocycles. The van der Waals surface area contributed by atoms with Gasteiger partial charge in [-0.05, 0) is 61.6 Å². The zero-order valence-corrected chi connectivity index (χ0v) is 17.0. The lowest BCUT2D eigenvalue weighted by molar-refractivity contribution is 0.102. The highest BCUT2D eigenvalue weighted by Crippen LogP contribution is 2.26. The lowest BCUT2D eigenvalue weighted by Crippen LogP contribution is -2.37. The molecule has 0 radical (unpaired) electrons. The predicted octanol–water partition coefficient (Wildman–Crippen LogP) is 4.32. The van der Waals surface area contributed by atoms with Crippen molar-refractivity contribution in [3.05, 3.63) is 58.6 Å². The van der Waals surface area contributed by atoms with E-state index in [-0.39, 0.29) is 10.8 Å². The molecule has 1 heterocycles. The van der Waals surface area contributed by atoms with Crippen LogP contribution in [0.2, 0.25) is 5.02 Å². The van der Waals surface area contributed by atoms with E-state index in [1.807, 2.05) is 6.92 Å². The molecule has 0 atom stereocenters. The van der Waals surface area contributed by atoms with E-state index < -0.39 is 10.0 Å². The summed E-state index contributed by atoms with van der Waals surface area (Å²) in [5.74, 6) is 0.166. The third kappa shape index (κ3) is 4.34. The Labute approximate surface area is 165 Å². The van der Waals surface area contributed by atoms with Gasteiger partial charge in [-0.1, -0.05) is 30.7 Å². The molecule has 5 nitrogen and oxygen atoms in total. The van der Waals surface area contributed by atoms with Crippen molar-refractivity contribution in [2.45, 2.75) is 31.6 Å². The van der Waals surface area contributed by atoms with Crippen LogP contribution in [-0.2, 0) is 10.0 Å². The highest BCUT2D eigenvalue weighted by molar-refractivity contribution is 7.89. The SMILES string of the molecule is Cc1c(Cl)cccc1NC(=O)c1cccc(S(=O)(=O)N2CCC(C)CC2)c1. The molecule has 144 valence electrons. The number of hydrogen-bond donors (Lipinski definition) is 1. The van der Waals surface area contributed by atoms with Gasteiger partial charge in [-0.25, -0.2) is 8.42 Å². The van der Waals surface area contributed by atoms with Gasteiger partial charge in [-0.2, -0.15) is 4.31 Å². The number of anilines is 1. The first kappa shape index (κ1) is 19.9. The van der Waals surface area contributed by atoms with Crippen LogP contribution in [0.15, 0.2) is 47.4 Å². The Balaban J connectivity index is 1.82. The normalized spacial score (nSPS) is 16.3. The van der Waals surface area contributed by atoms with Crippen LogP contribution in [0.25, 0.3) is 0 Å². The van der Waals surface area contributed by atoms with Crippen LogP contribution in [0.4, 0.5) is 5.69 Å². The van der Waals surface area contributed by atoms with Crippen molar-refractivity contribution < 1.29 is 13.2 Å². The van der Waals surface area contributed by atoms with E-state index in [0.29, 0.717) is 35.3 Å². The number of piperidine rings is 1. The molecule has 0 aliphatic carbocycles. The predicted molar refractivity (Wildman–Crippen MR) is 108 cm³/mol. The molecule has 1 fully saturated rings. The third-order valence-corrected chi connectivity index (χ3v) is 7.30. The van der Waals surface area contributed by atoms with Crippen molar-refractivity contribution in [1.29, 1.82) is 0 Å². The Kier molecular flexibility index (Phi) is 5.89. The van der Waals surface area contributed by atoms with Gasteiger partial charge >= 0.3 is 0 Å². The van der Waals surface area contributed by atoms with Gasteiger partial charge in [0.1, 0.15) is 0 Å². The van der Waals surface area contributed by atoms with Gasteiger partial charge in [0.2, 0.25) is 10.0 Å². The summed E-state index contributed by atoms with van der Waals surface area (Å²) in [4.78, 5) is 12.8. The first-order chi connectivity index (χ1) is 12.8. The molecule has 2 aromatic rings. The van der Waals surface area contributed by atoms with E-state index in [2.05, 4.69) is 12.2 Å². The van der Waals surface area contributed by atoms with E-state index in [1.54, 1.807) is 30.3 Å². The number of carbonyl (C=O) groups is 1. The van der Waals surface area contributed by atoms with Crippen molar-refractivity contribution in [2.24, 2.45) is 5.92 Å². The van der Waals surface area contributed by atoms with Crippen LogP contribution < -0.4 is 5.32 Å². The Morgan fingerprint density at radius 2 is 1.81 bits per heavy atom.